The molecule has 3 heterocycles. The second kappa shape index (κ2) is 13.8. The summed E-state index contributed by atoms with van der Waals surface area (Å²) in [5.74, 6) is 1.76. The van der Waals surface area contributed by atoms with Crippen LogP contribution in [0.15, 0.2) is 181 Å². The molecule has 7 aromatic carbocycles. The topological polar surface area (TPSA) is 88.5 Å². The van der Waals surface area contributed by atoms with Crippen LogP contribution >= 0.6 is 0 Å². The van der Waals surface area contributed by atoms with Crippen molar-refractivity contribution in [2.45, 2.75) is 19.3 Å². The second-order valence-electron chi connectivity index (χ2n) is 15.9. The molecule has 0 fully saturated rings. The van der Waals surface area contributed by atoms with Gasteiger partial charge in [0.2, 0.25) is 0 Å². The lowest BCUT2D eigenvalue weighted by Crippen LogP contribution is -2.15. The van der Waals surface area contributed by atoms with Crippen LogP contribution in [0.5, 0.6) is 0 Å². The van der Waals surface area contributed by atoms with Crippen molar-refractivity contribution < 1.29 is 4.42 Å². The summed E-state index contributed by atoms with van der Waals surface area (Å²) in [6, 6.07) is 58.8. The first kappa shape index (κ1) is 35.2. The number of fused-ring (bicyclic) bond motifs is 6. The van der Waals surface area contributed by atoms with E-state index in [1.165, 1.54) is 22.3 Å². The largest absolute Gasteiger partial charge is 0.456 e. The number of aromatic nitrogens is 4. The Balaban J connectivity index is 1.10. The highest BCUT2D eigenvalue weighted by Crippen LogP contribution is 2.50. The Bertz CT molecular complexity index is 3340. The van der Waals surface area contributed by atoms with Crippen LogP contribution in [0.4, 0.5) is 0 Å². The normalized spacial score (nSPS) is 12.6. The molecule has 10 aromatic rings. The van der Waals surface area contributed by atoms with Crippen LogP contribution in [-0.4, -0.2) is 19.9 Å². The van der Waals surface area contributed by atoms with E-state index in [9.17, 15) is 5.26 Å². The average Bonchev–Trinajstić information content (AvgIpc) is 3.79. The maximum atomic E-state index is 9.73. The van der Waals surface area contributed by atoms with Gasteiger partial charge in [0.05, 0.1) is 11.6 Å². The highest BCUT2D eigenvalue weighted by atomic mass is 16.3. The molecule has 0 saturated carbocycles. The van der Waals surface area contributed by atoms with Gasteiger partial charge in [0, 0.05) is 45.3 Å². The minimum Gasteiger partial charge on any atom is -0.456 e. The van der Waals surface area contributed by atoms with Crippen molar-refractivity contribution in [3.05, 3.63) is 193 Å². The molecule has 0 spiro atoms. The van der Waals surface area contributed by atoms with Gasteiger partial charge >= 0.3 is 0 Å². The molecule has 0 unspecified atom stereocenters. The lowest BCUT2D eigenvalue weighted by atomic mass is 9.81. The van der Waals surface area contributed by atoms with Crippen LogP contribution in [0.3, 0.4) is 0 Å². The quantitative estimate of drug-likeness (QED) is 0.167. The molecule has 1 aliphatic rings. The molecule has 6 heteroatoms. The molecule has 0 N–H and O–H groups in total. The fourth-order valence-electron chi connectivity index (χ4n) is 8.67. The van der Waals surface area contributed by atoms with Crippen molar-refractivity contribution in [1.82, 2.24) is 19.9 Å². The molecule has 0 atom stereocenters. The molecular formula is C54H35N5O. The Morgan fingerprint density at radius 1 is 0.450 bits per heavy atom. The van der Waals surface area contributed by atoms with Crippen molar-refractivity contribution in [2.75, 3.05) is 0 Å². The predicted octanol–water partition coefficient (Wildman–Crippen LogP) is 13.3. The van der Waals surface area contributed by atoms with Crippen LogP contribution in [0, 0.1) is 11.3 Å². The number of rotatable bonds is 6. The molecule has 3 aromatic heterocycles. The molecule has 0 bridgehead atoms. The van der Waals surface area contributed by atoms with Gasteiger partial charge < -0.3 is 4.42 Å². The fraction of sp³-hybridized carbons (Fsp3) is 0.0556. The van der Waals surface area contributed by atoms with E-state index in [1.807, 2.05) is 60.8 Å². The fourth-order valence-corrected chi connectivity index (χ4v) is 8.67. The highest BCUT2D eigenvalue weighted by Gasteiger charge is 2.36. The number of nitriles is 1. The summed E-state index contributed by atoms with van der Waals surface area (Å²) in [6.07, 6.45) is 3.61. The first-order valence-electron chi connectivity index (χ1n) is 20.0. The van der Waals surface area contributed by atoms with Gasteiger partial charge in [-0.15, -0.1) is 0 Å². The van der Waals surface area contributed by atoms with Gasteiger partial charge in [-0.3, -0.25) is 4.98 Å². The third kappa shape index (κ3) is 5.95. The van der Waals surface area contributed by atoms with Gasteiger partial charge in [-0.25, -0.2) is 15.0 Å². The van der Waals surface area contributed by atoms with Crippen molar-refractivity contribution >= 4 is 21.9 Å². The lowest BCUT2D eigenvalue weighted by molar-refractivity contribution is 0.660. The maximum Gasteiger partial charge on any atom is 0.164 e. The van der Waals surface area contributed by atoms with Gasteiger partial charge in [-0.05, 0) is 110 Å². The lowest BCUT2D eigenvalue weighted by Gasteiger charge is -2.22. The molecule has 0 radical (unpaired) electrons. The van der Waals surface area contributed by atoms with Crippen molar-refractivity contribution in [2.24, 2.45) is 0 Å². The predicted molar refractivity (Wildman–Crippen MR) is 240 cm³/mol. The summed E-state index contributed by atoms with van der Waals surface area (Å²) in [4.78, 5) is 19.8. The van der Waals surface area contributed by atoms with E-state index >= 15 is 0 Å². The third-order valence-corrected chi connectivity index (χ3v) is 11.9. The van der Waals surface area contributed by atoms with Crippen LogP contribution in [0.2, 0.25) is 0 Å². The van der Waals surface area contributed by atoms with E-state index in [1.54, 1.807) is 6.20 Å². The SMILES string of the molecule is CC1(C)c2cc(C#N)ccc2-c2ccc(-c3cc(-c4ccc5c(c4)oc4ccncc45)cc(-c4nc(-c5ccccc5)nc(-c5ccc(-c6ccccc6)cc5)n4)c3)cc21. The minimum absolute atomic E-state index is 0.293. The summed E-state index contributed by atoms with van der Waals surface area (Å²) < 4.78 is 6.34. The summed E-state index contributed by atoms with van der Waals surface area (Å²) >= 11 is 0. The molecular weight excluding hydrogens is 735 g/mol. The first-order chi connectivity index (χ1) is 29.4. The molecule has 282 valence electrons. The number of furan rings is 1. The minimum atomic E-state index is -0.293. The molecule has 0 amide bonds. The number of nitrogens with zero attached hydrogens (tertiary/aromatic N) is 5. The Morgan fingerprint density at radius 2 is 0.983 bits per heavy atom. The van der Waals surface area contributed by atoms with E-state index in [4.69, 9.17) is 19.4 Å². The van der Waals surface area contributed by atoms with E-state index in [-0.39, 0.29) is 5.41 Å². The molecule has 1 aliphatic carbocycles. The summed E-state index contributed by atoms with van der Waals surface area (Å²) in [6.45, 7) is 4.48. The Hall–Kier alpha value is -8.01. The molecule has 11 rings (SSSR count). The van der Waals surface area contributed by atoms with Crippen molar-refractivity contribution in [1.29, 1.82) is 5.26 Å². The zero-order valence-electron chi connectivity index (χ0n) is 32.9. The summed E-state index contributed by atoms with van der Waals surface area (Å²) in [5, 5.41) is 11.7. The van der Waals surface area contributed by atoms with Gasteiger partial charge in [0.1, 0.15) is 11.2 Å². The smallest absolute Gasteiger partial charge is 0.164 e. The Labute approximate surface area is 347 Å². The molecule has 0 aliphatic heterocycles. The number of hydrogen-bond donors (Lipinski definition) is 0. The van der Waals surface area contributed by atoms with Crippen molar-refractivity contribution in [3.63, 3.8) is 0 Å². The summed E-state index contributed by atoms with van der Waals surface area (Å²) in [7, 11) is 0. The maximum absolute atomic E-state index is 9.73. The van der Waals surface area contributed by atoms with Crippen LogP contribution in [0.1, 0.15) is 30.5 Å². The van der Waals surface area contributed by atoms with Gasteiger partial charge in [-0.1, -0.05) is 123 Å². The van der Waals surface area contributed by atoms with Crippen molar-refractivity contribution in [3.8, 4) is 84.7 Å². The van der Waals surface area contributed by atoms with Gasteiger partial charge in [0.15, 0.2) is 17.5 Å². The molecule has 0 saturated heterocycles. The number of benzene rings is 7. The Kier molecular flexibility index (Phi) is 8.11. The standard InChI is InChI=1S/C54H35N5O/c1-54(2)47-25-33(31-55)13-20-43(47)44-21-18-38(29-48(44)54)40-26-41(39-19-22-45-46-32-56-24-23-49(46)60-50(45)30-39)28-42(27-40)53-58-51(36-11-7-4-8-12-36)57-52(59-53)37-16-14-35(15-17-37)34-9-5-3-6-10-34/h3-30,32H,1-2H3. The van der Waals surface area contributed by atoms with Crippen LogP contribution < -0.4 is 0 Å². The monoisotopic (exact) mass is 769 g/mol. The number of pyridine rings is 1. The molecule has 60 heavy (non-hydrogen) atoms. The van der Waals surface area contributed by atoms with Gasteiger partial charge in [-0.2, -0.15) is 5.26 Å². The second-order valence-corrected chi connectivity index (χ2v) is 15.9. The molecule has 6 nitrogen and oxygen atoms in total. The Morgan fingerprint density at radius 3 is 1.68 bits per heavy atom. The third-order valence-electron chi connectivity index (χ3n) is 11.9. The van der Waals surface area contributed by atoms with Crippen LogP contribution in [0.25, 0.3) is 101 Å². The van der Waals surface area contributed by atoms with E-state index in [2.05, 4.69) is 134 Å². The van der Waals surface area contributed by atoms with E-state index < -0.39 is 0 Å². The number of hydrogen-bond acceptors (Lipinski definition) is 6. The average molecular weight is 770 g/mol. The van der Waals surface area contributed by atoms with Gasteiger partial charge in [0.25, 0.3) is 0 Å². The first-order valence-corrected chi connectivity index (χ1v) is 20.0. The zero-order chi connectivity index (χ0) is 40.4. The zero-order valence-corrected chi connectivity index (χ0v) is 32.9. The van der Waals surface area contributed by atoms with E-state index in [0.717, 1.165) is 72.0 Å². The van der Waals surface area contributed by atoms with E-state index in [0.29, 0.717) is 23.0 Å². The van der Waals surface area contributed by atoms with Crippen LogP contribution in [-0.2, 0) is 5.41 Å². The summed E-state index contributed by atoms with van der Waals surface area (Å²) in [5.41, 5.74) is 15.8. The highest BCUT2D eigenvalue weighted by molar-refractivity contribution is 6.05.